The Bertz CT molecular complexity index is 597. The number of hydrogen-bond acceptors (Lipinski definition) is 3. The normalized spacial score (nSPS) is 11.8. The van der Waals surface area contributed by atoms with Gasteiger partial charge >= 0.3 is 0 Å². The Hall–Kier alpha value is -2.37. The average molecular weight is 286 g/mol. The first-order valence-corrected chi connectivity index (χ1v) is 7.02. The van der Waals surface area contributed by atoms with Crippen molar-refractivity contribution < 1.29 is 0 Å². The van der Waals surface area contributed by atoms with E-state index in [1.807, 2.05) is 30.0 Å². The van der Waals surface area contributed by atoms with E-state index in [1.165, 1.54) is 0 Å². The van der Waals surface area contributed by atoms with Gasteiger partial charge < -0.3 is 10.6 Å². The van der Waals surface area contributed by atoms with Gasteiger partial charge in [-0.2, -0.15) is 0 Å². The molecule has 6 nitrogen and oxygen atoms in total. The summed E-state index contributed by atoms with van der Waals surface area (Å²) >= 11 is 0. The number of nitrogens with zero attached hydrogens (tertiary/aromatic N) is 4. The SMILES string of the molecule is CN=C(NCc1ccc(-n2ccnc2C)nc1)NC(C)C. The van der Waals surface area contributed by atoms with Crippen LogP contribution in [-0.4, -0.2) is 33.6 Å². The van der Waals surface area contributed by atoms with E-state index < -0.39 is 0 Å². The van der Waals surface area contributed by atoms with Crippen molar-refractivity contribution in [1.82, 2.24) is 25.2 Å². The van der Waals surface area contributed by atoms with Gasteiger partial charge in [-0.1, -0.05) is 6.07 Å². The summed E-state index contributed by atoms with van der Waals surface area (Å²) in [7, 11) is 1.76. The Morgan fingerprint density at radius 3 is 2.67 bits per heavy atom. The van der Waals surface area contributed by atoms with Gasteiger partial charge in [-0.3, -0.25) is 9.56 Å². The minimum Gasteiger partial charge on any atom is -0.354 e. The Kier molecular flexibility index (Phi) is 4.92. The summed E-state index contributed by atoms with van der Waals surface area (Å²) in [5.41, 5.74) is 1.10. The predicted octanol–water partition coefficient (Wildman–Crippen LogP) is 1.65. The highest BCUT2D eigenvalue weighted by atomic mass is 15.2. The Balaban J connectivity index is 1.98. The highest BCUT2D eigenvalue weighted by Crippen LogP contribution is 2.08. The van der Waals surface area contributed by atoms with Crippen molar-refractivity contribution >= 4 is 5.96 Å². The fourth-order valence-electron chi connectivity index (χ4n) is 1.94. The summed E-state index contributed by atoms with van der Waals surface area (Å²) in [6.45, 7) is 6.80. The molecule has 0 bridgehead atoms. The predicted molar refractivity (Wildman–Crippen MR) is 84.6 cm³/mol. The fraction of sp³-hybridized carbons (Fsp3) is 0.400. The molecule has 0 fully saturated rings. The molecule has 0 unspecified atom stereocenters. The standard InChI is InChI=1S/C15H22N6/c1-11(2)20-15(16-4)19-10-13-5-6-14(18-9-13)21-8-7-17-12(21)3/h5-9,11H,10H2,1-4H3,(H2,16,19,20). The second-order valence-electron chi connectivity index (χ2n) is 5.09. The molecule has 0 aromatic carbocycles. The first kappa shape index (κ1) is 15.0. The lowest BCUT2D eigenvalue weighted by molar-refractivity contribution is 0.699. The Morgan fingerprint density at radius 2 is 2.14 bits per heavy atom. The molecule has 2 rings (SSSR count). The van der Waals surface area contributed by atoms with Crippen LogP contribution in [0.5, 0.6) is 0 Å². The van der Waals surface area contributed by atoms with Crippen molar-refractivity contribution in [3.05, 3.63) is 42.1 Å². The molecule has 0 aliphatic rings. The zero-order valence-electron chi connectivity index (χ0n) is 13.0. The van der Waals surface area contributed by atoms with Gasteiger partial charge in [0.15, 0.2) is 5.96 Å². The number of nitrogens with one attached hydrogen (secondary N) is 2. The highest BCUT2D eigenvalue weighted by molar-refractivity contribution is 5.79. The molecule has 112 valence electrons. The van der Waals surface area contributed by atoms with E-state index in [-0.39, 0.29) is 0 Å². The van der Waals surface area contributed by atoms with E-state index in [2.05, 4.69) is 45.5 Å². The second kappa shape index (κ2) is 6.88. The van der Waals surface area contributed by atoms with E-state index in [0.717, 1.165) is 23.2 Å². The quantitative estimate of drug-likeness (QED) is 0.662. The number of aliphatic imine (C=N–C) groups is 1. The topological polar surface area (TPSA) is 67.1 Å². The van der Waals surface area contributed by atoms with Crippen LogP contribution in [0.3, 0.4) is 0 Å². The van der Waals surface area contributed by atoms with Gasteiger partial charge in [0.1, 0.15) is 11.6 Å². The molecule has 2 N–H and O–H groups in total. The van der Waals surface area contributed by atoms with Gasteiger partial charge in [-0.05, 0) is 32.4 Å². The van der Waals surface area contributed by atoms with Crippen LogP contribution >= 0.6 is 0 Å². The summed E-state index contributed by atoms with van der Waals surface area (Å²) in [4.78, 5) is 12.8. The molecule has 21 heavy (non-hydrogen) atoms. The minimum absolute atomic E-state index is 0.348. The van der Waals surface area contributed by atoms with Gasteiger partial charge in [-0.25, -0.2) is 9.97 Å². The van der Waals surface area contributed by atoms with Crippen LogP contribution in [0.25, 0.3) is 5.82 Å². The molecule has 2 heterocycles. The smallest absolute Gasteiger partial charge is 0.191 e. The molecular formula is C15H22N6. The third-order valence-corrected chi connectivity index (χ3v) is 2.99. The first-order valence-electron chi connectivity index (χ1n) is 7.02. The lowest BCUT2D eigenvalue weighted by atomic mass is 10.3. The fourth-order valence-corrected chi connectivity index (χ4v) is 1.94. The van der Waals surface area contributed by atoms with Crippen molar-refractivity contribution in [3.63, 3.8) is 0 Å². The molecule has 2 aromatic rings. The van der Waals surface area contributed by atoms with E-state index in [9.17, 15) is 0 Å². The number of pyridine rings is 1. The molecule has 6 heteroatoms. The van der Waals surface area contributed by atoms with Crippen LogP contribution in [0.1, 0.15) is 25.2 Å². The summed E-state index contributed by atoms with van der Waals surface area (Å²) in [6.07, 6.45) is 5.54. The zero-order chi connectivity index (χ0) is 15.2. The number of rotatable bonds is 4. The van der Waals surface area contributed by atoms with Crippen LogP contribution in [0.15, 0.2) is 35.7 Å². The van der Waals surface area contributed by atoms with Crippen molar-refractivity contribution in [2.24, 2.45) is 4.99 Å². The monoisotopic (exact) mass is 286 g/mol. The number of aromatic nitrogens is 3. The van der Waals surface area contributed by atoms with Crippen LogP contribution in [0.4, 0.5) is 0 Å². The van der Waals surface area contributed by atoms with Gasteiger partial charge in [0.2, 0.25) is 0 Å². The van der Waals surface area contributed by atoms with E-state index >= 15 is 0 Å². The molecule has 0 aliphatic carbocycles. The van der Waals surface area contributed by atoms with Crippen molar-refractivity contribution in [1.29, 1.82) is 0 Å². The molecule has 0 aliphatic heterocycles. The zero-order valence-corrected chi connectivity index (χ0v) is 13.0. The van der Waals surface area contributed by atoms with Gasteiger partial charge in [-0.15, -0.1) is 0 Å². The van der Waals surface area contributed by atoms with Crippen molar-refractivity contribution in [3.8, 4) is 5.82 Å². The number of imidazole rings is 1. The molecule has 0 spiro atoms. The highest BCUT2D eigenvalue weighted by Gasteiger charge is 2.03. The maximum atomic E-state index is 4.47. The molecule has 0 saturated heterocycles. The second-order valence-corrected chi connectivity index (χ2v) is 5.09. The number of hydrogen-bond donors (Lipinski definition) is 2. The maximum Gasteiger partial charge on any atom is 0.191 e. The summed E-state index contributed by atoms with van der Waals surface area (Å²) in [5, 5.41) is 6.51. The van der Waals surface area contributed by atoms with Gasteiger partial charge in [0, 0.05) is 38.2 Å². The molecule has 2 aromatic heterocycles. The van der Waals surface area contributed by atoms with E-state index in [4.69, 9.17) is 0 Å². The van der Waals surface area contributed by atoms with Crippen LogP contribution < -0.4 is 10.6 Å². The average Bonchev–Trinajstić information content (AvgIpc) is 2.90. The van der Waals surface area contributed by atoms with Crippen molar-refractivity contribution in [2.75, 3.05) is 7.05 Å². The van der Waals surface area contributed by atoms with Gasteiger partial charge in [0.05, 0.1) is 0 Å². The molecule has 0 saturated carbocycles. The largest absolute Gasteiger partial charge is 0.354 e. The number of guanidine groups is 1. The lowest BCUT2D eigenvalue weighted by Gasteiger charge is -2.14. The third-order valence-electron chi connectivity index (χ3n) is 2.99. The minimum atomic E-state index is 0.348. The third kappa shape index (κ3) is 4.05. The molecule has 0 amide bonds. The maximum absolute atomic E-state index is 4.47. The van der Waals surface area contributed by atoms with E-state index in [0.29, 0.717) is 12.6 Å². The summed E-state index contributed by atoms with van der Waals surface area (Å²) < 4.78 is 1.95. The Labute approximate surface area is 125 Å². The van der Waals surface area contributed by atoms with Crippen LogP contribution in [-0.2, 0) is 6.54 Å². The first-order chi connectivity index (χ1) is 10.1. The molecule has 0 atom stereocenters. The molecular weight excluding hydrogens is 264 g/mol. The van der Waals surface area contributed by atoms with Crippen LogP contribution in [0, 0.1) is 6.92 Å². The summed E-state index contributed by atoms with van der Waals surface area (Å²) in [6, 6.07) is 4.39. The van der Waals surface area contributed by atoms with Crippen molar-refractivity contribution in [2.45, 2.75) is 33.4 Å². The Morgan fingerprint density at radius 1 is 1.33 bits per heavy atom. The van der Waals surface area contributed by atoms with Gasteiger partial charge in [0.25, 0.3) is 0 Å². The molecule has 0 radical (unpaired) electrons. The number of aryl methyl sites for hydroxylation is 1. The van der Waals surface area contributed by atoms with Crippen LogP contribution in [0.2, 0.25) is 0 Å². The summed E-state index contributed by atoms with van der Waals surface area (Å²) in [5.74, 6) is 2.59. The lowest BCUT2D eigenvalue weighted by Crippen LogP contribution is -2.40. The van der Waals surface area contributed by atoms with E-state index in [1.54, 1.807) is 13.2 Å².